The van der Waals surface area contributed by atoms with Gasteiger partial charge in [0.15, 0.2) is 0 Å². The van der Waals surface area contributed by atoms with Crippen molar-refractivity contribution >= 4 is 5.91 Å². The van der Waals surface area contributed by atoms with E-state index in [1.165, 1.54) is 5.56 Å². The fraction of sp³-hybridized carbons (Fsp3) is 0.533. The number of carbonyl (C=O) groups excluding carboxylic acids is 1. The van der Waals surface area contributed by atoms with Crippen molar-refractivity contribution in [1.82, 2.24) is 4.90 Å². The number of likely N-dealkylation sites (tertiary alicyclic amines) is 1. The third-order valence-electron chi connectivity index (χ3n) is 4.02. The number of aryl methyl sites for hydroxylation is 2. The Bertz CT molecular complexity index is 473. The van der Waals surface area contributed by atoms with Crippen LogP contribution in [0.4, 0.5) is 0 Å². The van der Waals surface area contributed by atoms with Crippen LogP contribution in [0.15, 0.2) is 18.2 Å². The maximum atomic E-state index is 12.3. The molecule has 0 aromatic heterocycles. The zero-order valence-electron chi connectivity index (χ0n) is 11.7. The highest BCUT2D eigenvalue weighted by molar-refractivity contribution is 5.96. The molecule has 1 heterocycles. The molecular weight excluding hydrogens is 224 g/mol. The smallest absolute Gasteiger partial charge is 0.254 e. The lowest BCUT2D eigenvalue weighted by atomic mass is 9.80. The number of amides is 1. The largest absolute Gasteiger partial charge is 0.335 e. The molecule has 1 aliphatic rings. The van der Waals surface area contributed by atoms with Crippen LogP contribution in [-0.4, -0.2) is 29.4 Å². The summed E-state index contributed by atoms with van der Waals surface area (Å²) in [5, 5.41) is 0. The van der Waals surface area contributed by atoms with E-state index in [2.05, 4.69) is 13.8 Å². The molecule has 1 aliphatic heterocycles. The number of benzene rings is 1. The number of nitrogens with two attached hydrogens (primary N) is 1. The SMILES string of the molecule is Cc1ccc(C(=O)N2CC(N)(C(C)C)C2)c(C)c1. The minimum Gasteiger partial charge on any atom is -0.335 e. The van der Waals surface area contributed by atoms with Crippen molar-refractivity contribution in [2.24, 2.45) is 11.7 Å². The van der Waals surface area contributed by atoms with Crippen molar-refractivity contribution in [3.8, 4) is 0 Å². The van der Waals surface area contributed by atoms with Crippen molar-refractivity contribution in [2.45, 2.75) is 33.2 Å². The van der Waals surface area contributed by atoms with Gasteiger partial charge in [0.05, 0.1) is 5.54 Å². The second-order valence-electron chi connectivity index (χ2n) is 5.87. The Kier molecular flexibility index (Phi) is 3.20. The van der Waals surface area contributed by atoms with Crippen LogP contribution in [0, 0.1) is 19.8 Å². The molecule has 0 spiro atoms. The summed E-state index contributed by atoms with van der Waals surface area (Å²) < 4.78 is 0. The fourth-order valence-electron chi connectivity index (χ4n) is 2.40. The van der Waals surface area contributed by atoms with Gasteiger partial charge in [0.2, 0.25) is 0 Å². The van der Waals surface area contributed by atoms with Gasteiger partial charge >= 0.3 is 0 Å². The van der Waals surface area contributed by atoms with Crippen LogP contribution in [0.3, 0.4) is 0 Å². The van der Waals surface area contributed by atoms with E-state index in [9.17, 15) is 4.79 Å². The third-order valence-corrected chi connectivity index (χ3v) is 4.02. The van der Waals surface area contributed by atoms with Gasteiger partial charge in [-0.05, 0) is 31.4 Å². The van der Waals surface area contributed by atoms with Crippen molar-refractivity contribution in [3.05, 3.63) is 34.9 Å². The van der Waals surface area contributed by atoms with E-state index in [4.69, 9.17) is 5.73 Å². The van der Waals surface area contributed by atoms with E-state index >= 15 is 0 Å². The van der Waals surface area contributed by atoms with E-state index < -0.39 is 0 Å². The fourth-order valence-corrected chi connectivity index (χ4v) is 2.40. The lowest BCUT2D eigenvalue weighted by Crippen LogP contribution is -2.71. The standard InChI is InChI=1S/C15H22N2O/c1-10(2)15(16)8-17(9-15)14(18)13-6-5-11(3)7-12(13)4/h5-7,10H,8-9,16H2,1-4H3. The maximum absolute atomic E-state index is 12.3. The minimum atomic E-state index is -0.200. The molecule has 1 saturated heterocycles. The molecule has 1 fully saturated rings. The van der Waals surface area contributed by atoms with Gasteiger partial charge in [-0.25, -0.2) is 0 Å². The first-order valence-corrected chi connectivity index (χ1v) is 6.49. The van der Waals surface area contributed by atoms with Gasteiger partial charge in [0.25, 0.3) is 5.91 Å². The molecule has 3 heteroatoms. The van der Waals surface area contributed by atoms with Gasteiger partial charge in [-0.2, -0.15) is 0 Å². The minimum absolute atomic E-state index is 0.106. The van der Waals surface area contributed by atoms with Gasteiger partial charge in [0, 0.05) is 18.7 Å². The van der Waals surface area contributed by atoms with Gasteiger partial charge < -0.3 is 10.6 Å². The van der Waals surface area contributed by atoms with Crippen LogP contribution in [-0.2, 0) is 0 Å². The van der Waals surface area contributed by atoms with E-state index in [0.717, 1.165) is 11.1 Å². The highest BCUT2D eigenvalue weighted by Gasteiger charge is 2.44. The van der Waals surface area contributed by atoms with Gasteiger partial charge in [-0.3, -0.25) is 4.79 Å². The average molecular weight is 246 g/mol. The molecule has 3 nitrogen and oxygen atoms in total. The molecule has 98 valence electrons. The normalized spacial score (nSPS) is 17.8. The first-order chi connectivity index (χ1) is 8.33. The van der Waals surface area contributed by atoms with E-state index in [-0.39, 0.29) is 11.4 Å². The molecular formula is C15H22N2O. The van der Waals surface area contributed by atoms with Crippen LogP contribution < -0.4 is 5.73 Å². The summed E-state index contributed by atoms with van der Waals surface area (Å²) in [6.45, 7) is 9.57. The lowest BCUT2D eigenvalue weighted by molar-refractivity contribution is 0.0274. The van der Waals surface area contributed by atoms with Gasteiger partial charge in [-0.1, -0.05) is 31.5 Å². The molecule has 1 amide bonds. The Hall–Kier alpha value is -1.35. The number of hydrogen-bond donors (Lipinski definition) is 1. The Balaban J connectivity index is 2.11. The summed E-state index contributed by atoms with van der Waals surface area (Å²) in [4.78, 5) is 14.2. The monoisotopic (exact) mass is 246 g/mol. The summed E-state index contributed by atoms with van der Waals surface area (Å²) in [7, 11) is 0. The third kappa shape index (κ3) is 2.15. The predicted molar refractivity (Wildman–Crippen MR) is 73.6 cm³/mol. The zero-order chi connectivity index (χ0) is 13.5. The van der Waals surface area contributed by atoms with Gasteiger partial charge in [-0.15, -0.1) is 0 Å². The molecule has 0 unspecified atom stereocenters. The topological polar surface area (TPSA) is 46.3 Å². The van der Waals surface area contributed by atoms with E-state index in [0.29, 0.717) is 19.0 Å². The van der Waals surface area contributed by atoms with Crippen molar-refractivity contribution in [1.29, 1.82) is 0 Å². The Morgan fingerprint density at radius 2 is 1.94 bits per heavy atom. The average Bonchev–Trinajstić information content (AvgIpc) is 2.23. The summed E-state index contributed by atoms with van der Waals surface area (Å²) >= 11 is 0. The van der Waals surface area contributed by atoms with Crippen LogP contribution >= 0.6 is 0 Å². The number of hydrogen-bond acceptors (Lipinski definition) is 2. The Morgan fingerprint density at radius 3 is 2.44 bits per heavy atom. The number of rotatable bonds is 2. The Morgan fingerprint density at radius 1 is 1.33 bits per heavy atom. The highest BCUT2D eigenvalue weighted by atomic mass is 16.2. The lowest BCUT2D eigenvalue weighted by Gasteiger charge is -2.50. The van der Waals surface area contributed by atoms with Crippen molar-refractivity contribution in [2.75, 3.05) is 13.1 Å². The first-order valence-electron chi connectivity index (χ1n) is 6.49. The van der Waals surface area contributed by atoms with Crippen LogP contribution in [0.1, 0.15) is 35.3 Å². The van der Waals surface area contributed by atoms with Gasteiger partial charge in [0.1, 0.15) is 0 Å². The van der Waals surface area contributed by atoms with E-state index in [1.54, 1.807) is 0 Å². The molecule has 2 N–H and O–H groups in total. The number of carbonyl (C=O) groups is 1. The summed E-state index contributed by atoms with van der Waals surface area (Å²) in [6.07, 6.45) is 0. The van der Waals surface area contributed by atoms with Crippen molar-refractivity contribution in [3.63, 3.8) is 0 Å². The van der Waals surface area contributed by atoms with Crippen LogP contribution in [0.5, 0.6) is 0 Å². The summed E-state index contributed by atoms with van der Waals surface area (Å²) in [5.74, 6) is 0.509. The molecule has 0 radical (unpaired) electrons. The molecule has 0 bridgehead atoms. The van der Waals surface area contributed by atoms with E-state index in [1.807, 2.05) is 36.9 Å². The van der Waals surface area contributed by atoms with Crippen LogP contribution in [0.25, 0.3) is 0 Å². The second kappa shape index (κ2) is 4.39. The molecule has 1 aromatic rings. The predicted octanol–water partition coefficient (Wildman–Crippen LogP) is 2.11. The summed E-state index contributed by atoms with van der Waals surface area (Å²) in [5.41, 5.74) is 9.04. The first kappa shape index (κ1) is 13.1. The number of nitrogens with zero attached hydrogens (tertiary/aromatic N) is 1. The molecule has 0 saturated carbocycles. The molecule has 2 rings (SSSR count). The highest BCUT2D eigenvalue weighted by Crippen LogP contribution is 2.28. The maximum Gasteiger partial charge on any atom is 0.254 e. The van der Waals surface area contributed by atoms with Crippen molar-refractivity contribution < 1.29 is 4.79 Å². The molecule has 0 atom stereocenters. The zero-order valence-corrected chi connectivity index (χ0v) is 11.7. The summed E-state index contributed by atoms with van der Waals surface area (Å²) in [6, 6.07) is 5.95. The molecule has 1 aromatic carbocycles. The quantitative estimate of drug-likeness (QED) is 0.868. The second-order valence-corrected chi connectivity index (χ2v) is 5.87. The Labute approximate surface area is 109 Å². The molecule has 18 heavy (non-hydrogen) atoms. The van der Waals surface area contributed by atoms with Crippen LogP contribution in [0.2, 0.25) is 0 Å². The molecule has 0 aliphatic carbocycles.